The van der Waals surface area contributed by atoms with Gasteiger partial charge in [-0.25, -0.2) is 29.9 Å². The first-order valence-corrected chi connectivity index (χ1v) is 36.9. The minimum atomic E-state index is 0.563. The molecule has 504 valence electrons. The lowest BCUT2D eigenvalue weighted by Gasteiger charge is -2.10. The van der Waals surface area contributed by atoms with E-state index in [4.69, 9.17) is 38.7 Å². The number of fused-ring (bicyclic) bond motifs is 18. The van der Waals surface area contributed by atoms with Gasteiger partial charge in [-0.15, -0.1) is 11.3 Å². The molecular formula is C96H57N9O2S. The molecule has 0 atom stereocenters. The molecule has 8 aromatic heterocycles. The van der Waals surface area contributed by atoms with E-state index >= 15 is 0 Å². The van der Waals surface area contributed by atoms with Crippen molar-refractivity contribution in [3.05, 3.63) is 346 Å². The zero-order valence-electron chi connectivity index (χ0n) is 57.7. The van der Waals surface area contributed by atoms with Crippen molar-refractivity contribution >= 4 is 141 Å². The third-order valence-electron chi connectivity index (χ3n) is 21.0. The predicted octanol–water partition coefficient (Wildman–Crippen LogP) is 25.2. The van der Waals surface area contributed by atoms with E-state index in [1.807, 2.05) is 145 Å². The predicted molar refractivity (Wildman–Crippen MR) is 443 cm³/mol. The van der Waals surface area contributed by atoms with Gasteiger partial charge in [0.2, 0.25) is 0 Å². The summed E-state index contributed by atoms with van der Waals surface area (Å²) >= 11 is 1.85. The number of furan rings is 2. The average Bonchev–Trinajstić information content (AvgIpc) is 1.57. The Morgan fingerprint density at radius 2 is 0.546 bits per heavy atom. The number of rotatable bonds is 9. The molecule has 11 nitrogen and oxygen atoms in total. The topological polar surface area (TPSA) is 118 Å². The number of para-hydroxylation sites is 6. The van der Waals surface area contributed by atoms with Crippen molar-refractivity contribution < 1.29 is 8.83 Å². The highest BCUT2D eigenvalue weighted by Crippen LogP contribution is 2.46. The highest BCUT2D eigenvalue weighted by molar-refractivity contribution is 7.25. The highest BCUT2D eigenvalue weighted by Gasteiger charge is 2.25. The smallest absolute Gasteiger partial charge is 0.167 e. The Kier molecular flexibility index (Phi) is 13.9. The van der Waals surface area contributed by atoms with Crippen molar-refractivity contribution in [2.75, 3.05) is 0 Å². The SMILES string of the molecule is c1ccc(-c2nc(-c3ccccc3)nc(-c3cccc4c3oc3ccc(-n5c6ccccc6c6cc7c(cc65)sc5ccccc57)cc34)n2)cc1.c1ccc(-c2nc(-c3ccccc3)nc(-c3cccc4c3oc3ccc(-n5c6ccccc6c6cc7c8ccccc8n(-c8ccccc8)c7cc65)cc34)n2)cc1. The van der Waals surface area contributed by atoms with Gasteiger partial charge in [-0.05, 0) is 109 Å². The van der Waals surface area contributed by atoms with E-state index < -0.39 is 0 Å². The van der Waals surface area contributed by atoms with Crippen LogP contribution in [0.2, 0.25) is 0 Å². The van der Waals surface area contributed by atoms with Crippen LogP contribution < -0.4 is 0 Å². The molecule has 0 aliphatic rings. The quantitative estimate of drug-likeness (QED) is 0.140. The first-order chi connectivity index (χ1) is 53.5. The van der Waals surface area contributed by atoms with Gasteiger partial charge < -0.3 is 22.5 Å². The Hall–Kier alpha value is -14.5. The second-order valence-corrected chi connectivity index (χ2v) is 28.3. The maximum absolute atomic E-state index is 6.72. The van der Waals surface area contributed by atoms with Crippen molar-refractivity contribution in [3.8, 4) is 85.4 Å². The molecule has 0 bridgehead atoms. The van der Waals surface area contributed by atoms with Crippen molar-refractivity contribution in [1.82, 2.24) is 43.6 Å². The summed E-state index contributed by atoms with van der Waals surface area (Å²) < 4.78 is 23.1. The molecule has 12 heteroatoms. The zero-order valence-corrected chi connectivity index (χ0v) is 58.5. The molecule has 23 aromatic rings. The third-order valence-corrected chi connectivity index (χ3v) is 22.1. The van der Waals surface area contributed by atoms with Gasteiger partial charge in [0.15, 0.2) is 34.9 Å². The maximum atomic E-state index is 6.72. The first kappa shape index (κ1) is 61.1. The summed E-state index contributed by atoms with van der Waals surface area (Å²) in [6.45, 7) is 0. The van der Waals surface area contributed by atoms with Gasteiger partial charge in [-0.2, -0.15) is 0 Å². The molecule has 8 heterocycles. The molecular weight excluding hydrogens is 1340 g/mol. The Morgan fingerprint density at radius 3 is 0.981 bits per heavy atom. The van der Waals surface area contributed by atoms with E-state index in [1.165, 1.54) is 74.6 Å². The van der Waals surface area contributed by atoms with Gasteiger partial charge in [0, 0.05) is 113 Å². The second-order valence-electron chi connectivity index (χ2n) is 27.2. The molecule has 0 aliphatic carbocycles. The molecule has 0 radical (unpaired) electrons. The molecule has 0 spiro atoms. The van der Waals surface area contributed by atoms with Crippen molar-refractivity contribution in [3.63, 3.8) is 0 Å². The van der Waals surface area contributed by atoms with E-state index in [2.05, 4.69) is 226 Å². The van der Waals surface area contributed by atoms with Gasteiger partial charge >= 0.3 is 0 Å². The van der Waals surface area contributed by atoms with Crippen LogP contribution in [0.15, 0.2) is 355 Å². The van der Waals surface area contributed by atoms with Crippen LogP contribution in [0.4, 0.5) is 0 Å². The summed E-state index contributed by atoms with van der Waals surface area (Å²) in [5.41, 5.74) is 18.7. The summed E-state index contributed by atoms with van der Waals surface area (Å²) in [7, 11) is 0. The summed E-state index contributed by atoms with van der Waals surface area (Å²) in [6, 6.07) is 121. The molecule has 15 aromatic carbocycles. The van der Waals surface area contributed by atoms with Gasteiger partial charge in [-0.3, -0.25) is 0 Å². The molecule has 0 saturated heterocycles. The third kappa shape index (κ3) is 9.88. The number of nitrogens with zero attached hydrogens (tertiary/aromatic N) is 9. The van der Waals surface area contributed by atoms with Crippen LogP contribution in [0.1, 0.15) is 0 Å². The maximum Gasteiger partial charge on any atom is 0.167 e. The molecule has 23 rings (SSSR count). The number of hydrogen-bond acceptors (Lipinski definition) is 9. The van der Waals surface area contributed by atoms with Crippen LogP contribution >= 0.6 is 11.3 Å². The van der Waals surface area contributed by atoms with Crippen molar-refractivity contribution in [2.24, 2.45) is 0 Å². The van der Waals surface area contributed by atoms with Crippen molar-refractivity contribution in [2.45, 2.75) is 0 Å². The highest BCUT2D eigenvalue weighted by atomic mass is 32.1. The van der Waals surface area contributed by atoms with Crippen LogP contribution in [0, 0.1) is 0 Å². The van der Waals surface area contributed by atoms with Crippen LogP contribution in [0.25, 0.3) is 215 Å². The lowest BCUT2D eigenvalue weighted by Crippen LogP contribution is -2.00. The largest absolute Gasteiger partial charge is 0.455 e. The molecule has 108 heavy (non-hydrogen) atoms. The van der Waals surface area contributed by atoms with E-state index in [1.54, 1.807) is 0 Å². The van der Waals surface area contributed by atoms with Crippen LogP contribution in [-0.4, -0.2) is 43.6 Å². The average molecular weight is 1400 g/mol. The van der Waals surface area contributed by atoms with Crippen LogP contribution in [0.3, 0.4) is 0 Å². The van der Waals surface area contributed by atoms with Crippen LogP contribution in [0.5, 0.6) is 0 Å². The number of benzene rings is 15. The fourth-order valence-corrected chi connectivity index (χ4v) is 17.2. The Balaban J connectivity index is 0.000000135. The summed E-state index contributed by atoms with van der Waals surface area (Å²) in [6.07, 6.45) is 0. The number of hydrogen-bond donors (Lipinski definition) is 0. The fraction of sp³-hybridized carbons (Fsp3) is 0. The Morgan fingerprint density at radius 1 is 0.204 bits per heavy atom. The molecule has 0 unspecified atom stereocenters. The molecule has 0 N–H and O–H groups in total. The summed E-state index contributed by atoms with van der Waals surface area (Å²) in [4.78, 5) is 29.9. The molecule has 0 aliphatic heterocycles. The minimum Gasteiger partial charge on any atom is -0.455 e. The summed E-state index contributed by atoms with van der Waals surface area (Å²) in [5, 5.41) is 14.1. The van der Waals surface area contributed by atoms with Gasteiger partial charge in [-0.1, -0.05) is 237 Å². The van der Waals surface area contributed by atoms with E-state index in [9.17, 15) is 0 Å². The number of aromatic nitrogens is 9. The normalized spacial score (nSPS) is 11.9. The number of thiophene rings is 1. The Labute approximate surface area is 620 Å². The van der Waals surface area contributed by atoms with Gasteiger partial charge in [0.1, 0.15) is 22.3 Å². The standard InChI is InChI=1S/C51H31N5O.C45H26N4OS/c1-4-15-32(16-5-1)49-52-50(33-17-6-2-7-18-33)54-51(53-49)39-24-14-23-38-42-29-35(27-28-47(42)57-48(38)39)56-44-26-13-11-22-37(44)41-30-40-36-21-10-12-25-43(36)55(45(40)31-46(41)56)34-19-8-3-9-20-34;1-3-12-27(13-4-1)43-46-44(28-14-5-2-6-15-28)48-45(47-43)33-19-11-18-32-35-24-29(22-23-39(35)50-42(32)33)49-37-20-9-7-16-30(37)34-25-36-31-17-8-10-21-40(31)51-41(36)26-38(34)49/h1-31H;1-26H. The van der Waals surface area contributed by atoms with Gasteiger partial charge in [0.25, 0.3) is 0 Å². The molecule has 0 saturated carbocycles. The zero-order chi connectivity index (χ0) is 70.9. The summed E-state index contributed by atoms with van der Waals surface area (Å²) in [5.74, 6) is 3.60. The first-order valence-electron chi connectivity index (χ1n) is 36.1. The van der Waals surface area contributed by atoms with E-state index in [-0.39, 0.29) is 0 Å². The monoisotopic (exact) mass is 1400 g/mol. The lowest BCUT2D eigenvalue weighted by molar-refractivity contribution is 0.669. The van der Waals surface area contributed by atoms with Crippen LogP contribution in [-0.2, 0) is 0 Å². The lowest BCUT2D eigenvalue weighted by atomic mass is 10.1. The Bertz CT molecular complexity index is 7430. The second kappa shape index (κ2) is 24.6. The van der Waals surface area contributed by atoms with Crippen molar-refractivity contribution in [1.29, 1.82) is 0 Å². The fourth-order valence-electron chi connectivity index (χ4n) is 16.1. The molecule has 0 fully saturated rings. The van der Waals surface area contributed by atoms with E-state index in [0.717, 1.165) is 105 Å². The van der Waals surface area contributed by atoms with E-state index in [0.29, 0.717) is 34.9 Å². The van der Waals surface area contributed by atoms with Gasteiger partial charge in [0.05, 0.1) is 44.2 Å². The minimum absolute atomic E-state index is 0.563. The molecule has 0 amide bonds.